The van der Waals surface area contributed by atoms with E-state index in [1.54, 1.807) is 6.08 Å². The molecule has 3 nitrogen and oxygen atoms in total. The van der Waals surface area contributed by atoms with E-state index in [0.717, 1.165) is 38.5 Å². The number of benzene rings is 3. The molecule has 38 heavy (non-hydrogen) atoms. The molecular weight excluding hydrogens is 484 g/mol. The maximum Gasteiger partial charge on any atom is 0.330 e. The molecule has 0 N–H and O–H groups in total. The lowest BCUT2D eigenvalue weighted by atomic mass is 9.82. The van der Waals surface area contributed by atoms with Gasteiger partial charge in [0.25, 0.3) is 0 Å². The summed E-state index contributed by atoms with van der Waals surface area (Å²) in [7, 11) is -0.794. The minimum atomic E-state index is -0.794. The average Bonchev–Trinajstić information content (AvgIpc) is 2.92. The summed E-state index contributed by atoms with van der Waals surface area (Å²) < 4.78 is 12.0. The number of hydrogen-bond acceptors (Lipinski definition) is 3. The molecule has 3 rings (SSSR count). The normalized spacial score (nSPS) is 12.4. The zero-order valence-electron chi connectivity index (χ0n) is 23.6. The lowest BCUT2D eigenvalue weighted by molar-refractivity contribution is -0.137. The monoisotopic (exact) mass is 528 g/mol. The van der Waals surface area contributed by atoms with E-state index in [1.807, 2.05) is 13.0 Å². The van der Waals surface area contributed by atoms with Gasteiger partial charge in [0.15, 0.2) is 9.76 Å². The maximum atomic E-state index is 11.6. The Labute approximate surface area is 232 Å². The Morgan fingerprint density at radius 3 is 1.89 bits per heavy atom. The molecular formula is C34H44O3Si. The van der Waals surface area contributed by atoms with Crippen molar-refractivity contribution in [2.24, 2.45) is 0 Å². The molecule has 0 spiro atoms. The van der Waals surface area contributed by atoms with Crippen molar-refractivity contribution in [1.29, 1.82) is 0 Å². The fourth-order valence-electron chi connectivity index (χ4n) is 4.79. The molecule has 0 unspecified atom stereocenters. The summed E-state index contributed by atoms with van der Waals surface area (Å²) >= 11 is 0. The van der Waals surface area contributed by atoms with Gasteiger partial charge < -0.3 is 9.16 Å². The summed E-state index contributed by atoms with van der Waals surface area (Å²) in [6.45, 7) is 9.10. The third kappa shape index (κ3) is 9.11. The van der Waals surface area contributed by atoms with Crippen LogP contribution in [-0.2, 0) is 32.4 Å². The summed E-state index contributed by atoms with van der Waals surface area (Å²) in [5.41, 5.74) is 4.83. The van der Waals surface area contributed by atoms with Gasteiger partial charge in [-0.25, -0.2) is 4.79 Å². The van der Waals surface area contributed by atoms with E-state index in [0.29, 0.717) is 6.61 Å². The van der Waals surface area contributed by atoms with Gasteiger partial charge in [-0.05, 0) is 72.7 Å². The predicted molar refractivity (Wildman–Crippen MR) is 161 cm³/mol. The van der Waals surface area contributed by atoms with Crippen LogP contribution in [0.3, 0.4) is 0 Å². The zero-order valence-corrected chi connectivity index (χ0v) is 25.0. The van der Waals surface area contributed by atoms with Gasteiger partial charge in [-0.1, -0.05) is 112 Å². The van der Waals surface area contributed by atoms with Crippen LogP contribution in [0.25, 0.3) is 0 Å². The highest BCUT2D eigenvalue weighted by atomic mass is 28.2. The molecule has 0 bridgehead atoms. The van der Waals surface area contributed by atoms with Crippen molar-refractivity contribution < 1.29 is 14.0 Å². The van der Waals surface area contributed by atoms with Gasteiger partial charge in [0, 0.05) is 6.08 Å². The van der Waals surface area contributed by atoms with E-state index in [-0.39, 0.29) is 11.0 Å². The first-order valence-corrected chi connectivity index (χ1v) is 15.3. The molecule has 4 heteroatoms. The Balaban J connectivity index is 1.72. The van der Waals surface area contributed by atoms with E-state index < -0.39 is 15.4 Å². The maximum absolute atomic E-state index is 11.6. The molecule has 3 aromatic rings. The van der Waals surface area contributed by atoms with Crippen molar-refractivity contribution in [3.05, 3.63) is 119 Å². The number of rotatable bonds is 14. The number of allylic oxidation sites excluding steroid dienone is 1. The largest absolute Gasteiger partial charge is 0.463 e. The van der Waals surface area contributed by atoms with E-state index >= 15 is 0 Å². The van der Waals surface area contributed by atoms with Crippen LogP contribution in [0.1, 0.15) is 75.6 Å². The van der Waals surface area contributed by atoms with Crippen molar-refractivity contribution in [1.82, 2.24) is 0 Å². The third-order valence-electron chi connectivity index (χ3n) is 6.70. The standard InChI is InChI=1S/C34H44O3Si/c1-5-36-32(35)26-15-14-20-28-18-12-13-19-29(28)21-16-17-27-34(37-38-33(2,3)4,30-22-8-6-9-23-30)31-24-10-7-11-25-31/h6-13,15,18-19,22-26H,5,14,16-17,20-21,27,38H2,1-4H3. The molecule has 0 aromatic heterocycles. The fourth-order valence-corrected chi connectivity index (χ4v) is 5.95. The molecule has 0 amide bonds. The molecule has 0 radical (unpaired) electrons. The minimum Gasteiger partial charge on any atom is -0.463 e. The SMILES string of the molecule is CCOC(=O)C=CCCc1ccccc1CCCCC(O[SiH2]C(C)(C)C)(c1ccccc1)c1ccccc1. The summed E-state index contributed by atoms with van der Waals surface area (Å²) in [4.78, 5) is 11.6. The summed E-state index contributed by atoms with van der Waals surface area (Å²) in [5.74, 6) is -0.266. The van der Waals surface area contributed by atoms with Crippen LogP contribution < -0.4 is 0 Å². The van der Waals surface area contributed by atoms with Gasteiger partial charge in [0.1, 0.15) is 5.60 Å². The summed E-state index contributed by atoms with van der Waals surface area (Å²) in [6.07, 6.45) is 9.36. The second kappa shape index (κ2) is 14.8. The Bertz CT molecular complexity index is 1090. The van der Waals surface area contributed by atoms with Gasteiger partial charge in [-0.3, -0.25) is 0 Å². The predicted octanol–water partition coefficient (Wildman–Crippen LogP) is 7.71. The average molecular weight is 529 g/mol. The first kappa shape index (κ1) is 29.6. The first-order valence-electron chi connectivity index (χ1n) is 14.0. The topological polar surface area (TPSA) is 35.5 Å². The van der Waals surface area contributed by atoms with Gasteiger partial charge in [0.05, 0.1) is 6.61 Å². The molecule has 0 atom stereocenters. The molecule has 0 saturated heterocycles. The molecule has 0 aliphatic heterocycles. The minimum absolute atomic E-state index is 0.204. The highest BCUT2D eigenvalue weighted by Crippen LogP contribution is 2.40. The lowest BCUT2D eigenvalue weighted by Gasteiger charge is -2.38. The number of ether oxygens (including phenoxy) is 1. The summed E-state index contributed by atoms with van der Waals surface area (Å²) in [5, 5.41) is 0.204. The Morgan fingerprint density at radius 1 is 0.789 bits per heavy atom. The van der Waals surface area contributed by atoms with Gasteiger partial charge in [0.2, 0.25) is 0 Å². The quantitative estimate of drug-likeness (QED) is 0.0930. The van der Waals surface area contributed by atoms with Crippen LogP contribution in [-0.4, -0.2) is 22.3 Å². The Hall–Kier alpha value is -2.95. The molecule has 3 aromatic carbocycles. The van der Waals surface area contributed by atoms with Crippen molar-refractivity contribution in [3.63, 3.8) is 0 Å². The van der Waals surface area contributed by atoms with Crippen LogP contribution >= 0.6 is 0 Å². The third-order valence-corrected chi connectivity index (χ3v) is 8.20. The second-order valence-corrected chi connectivity index (χ2v) is 13.8. The molecule has 0 aliphatic carbocycles. The van der Waals surface area contributed by atoms with Crippen molar-refractivity contribution >= 4 is 15.7 Å². The van der Waals surface area contributed by atoms with E-state index in [2.05, 4.69) is 106 Å². The number of hydrogen-bond donors (Lipinski definition) is 0. The van der Waals surface area contributed by atoms with Gasteiger partial charge >= 0.3 is 5.97 Å². The Morgan fingerprint density at radius 2 is 1.34 bits per heavy atom. The van der Waals surface area contributed by atoms with Crippen LogP contribution in [0.2, 0.25) is 5.04 Å². The number of aryl methyl sites for hydroxylation is 2. The number of unbranched alkanes of at least 4 members (excludes halogenated alkanes) is 1. The smallest absolute Gasteiger partial charge is 0.330 e. The first-order chi connectivity index (χ1) is 18.3. The highest BCUT2D eigenvalue weighted by Gasteiger charge is 2.35. The highest BCUT2D eigenvalue weighted by molar-refractivity contribution is 6.32. The molecule has 0 heterocycles. The second-order valence-electron chi connectivity index (χ2n) is 11.1. The van der Waals surface area contributed by atoms with Crippen LogP contribution in [0.4, 0.5) is 0 Å². The fraction of sp³-hybridized carbons (Fsp3) is 0.382. The Kier molecular flexibility index (Phi) is 11.6. The number of esters is 1. The van der Waals surface area contributed by atoms with Crippen LogP contribution in [0.5, 0.6) is 0 Å². The molecule has 0 saturated carbocycles. The van der Waals surface area contributed by atoms with Gasteiger partial charge in [-0.2, -0.15) is 0 Å². The van der Waals surface area contributed by atoms with E-state index in [9.17, 15) is 4.79 Å². The molecule has 0 fully saturated rings. The van der Waals surface area contributed by atoms with Crippen molar-refractivity contribution in [3.8, 4) is 0 Å². The molecule has 0 aliphatic rings. The van der Waals surface area contributed by atoms with E-state index in [1.165, 1.54) is 22.3 Å². The number of carbonyl (C=O) groups excluding carboxylic acids is 1. The summed E-state index contributed by atoms with van der Waals surface area (Å²) in [6, 6.07) is 30.3. The molecule has 202 valence electrons. The van der Waals surface area contributed by atoms with E-state index in [4.69, 9.17) is 9.16 Å². The van der Waals surface area contributed by atoms with Crippen LogP contribution in [0, 0.1) is 0 Å². The van der Waals surface area contributed by atoms with Crippen molar-refractivity contribution in [2.45, 2.75) is 76.9 Å². The number of carbonyl (C=O) groups is 1. The lowest BCUT2D eigenvalue weighted by Crippen LogP contribution is -2.35. The van der Waals surface area contributed by atoms with Gasteiger partial charge in [-0.15, -0.1) is 0 Å². The van der Waals surface area contributed by atoms with Crippen LogP contribution in [0.15, 0.2) is 97.1 Å². The van der Waals surface area contributed by atoms with Crippen molar-refractivity contribution in [2.75, 3.05) is 6.61 Å². The zero-order chi connectivity index (χ0) is 27.3.